The maximum atomic E-state index is 11.3. The number of carbonyl (C=O) groups excluding carboxylic acids is 2. The van der Waals surface area contributed by atoms with Crippen molar-refractivity contribution in [3.05, 3.63) is 29.8 Å². The second-order valence-corrected chi connectivity index (χ2v) is 5.07. The minimum atomic E-state index is -0.689. The number of amides is 1. The van der Waals surface area contributed by atoms with E-state index in [0.717, 1.165) is 6.54 Å². The molecule has 1 saturated heterocycles. The molecule has 0 saturated carbocycles. The highest BCUT2D eigenvalue weighted by Crippen LogP contribution is 2.13. The van der Waals surface area contributed by atoms with Crippen molar-refractivity contribution in [2.45, 2.75) is 6.10 Å². The van der Waals surface area contributed by atoms with Gasteiger partial charge in [-0.05, 0) is 24.3 Å². The third-order valence-corrected chi connectivity index (χ3v) is 3.30. The Hall–Kier alpha value is -2.12. The third-order valence-electron chi connectivity index (χ3n) is 3.30. The van der Waals surface area contributed by atoms with E-state index in [2.05, 4.69) is 10.1 Å². The van der Waals surface area contributed by atoms with Crippen molar-refractivity contribution in [1.82, 2.24) is 10.2 Å². The Morgan fingerprint density at radius 3 is 2.77 bits per heavy atom. The van der Waals surface area contributed by atoms with E-state index in [9.17, 15) is 14.7 Å². The van der Waals surface area contributed by atoms with Gasteiger partial charge in [-0.2, -0.15) is 0 Å². The first kappa shape index (κ1) is 16.3. The first-order valence-corrected chi connectivity index (χ1v) is 7.07. The molecule has 1 heterocycles. The molecule has 2 N–H and O–H groups in total. The Morgan fingerprint density at radius 2 is 2.14 bits per heavy atom. The number of hydrogen-bond donors (Lipinski definition) is 2. The number of carbonyl (C=O) groups is 2. The van der Waals surface area contributed by atoms with Gasteiger partial charge in [-0.25, -0.2) is 4.79 Å². The number of esters is 1. The van der Waals surface area contributed by atoms with Gasteiger partial charge in [0.25, 0.3) is 0 Å². The first-order valence-electron chi connectivity index (χ1n) is 7.07. The zero-order valence-corrected chi connectivity index (χ0v) is 12.4. The lowest BCUT2D eigenvalue weighted by molar-refractivity contribution is -0.124. The van der Waals surface area contributed by atoms with E-state index < -0.39 is 12.1 Å². The number of aliphatic hydroxyl groups excluding tert-OH is 1. The second-order valence-electron chi connectivity index (χ2n) is 5.07. The van der Waals surface area contributed by atoms with Crippen LogP contribution < -0.4 is 10.1 Å². The number of methoxy groups -OCH3 is 1. The molecule has 7 heteroatoms. The van der Waals surface area contributed by atoms with Gasteiger partial charge in [0.2, 0.25) is 5.91 Å². The third kappa shape index (κ3) is 4.71. The number of aliphatic hydroxyl groups is 1. The van der Waals surface area contributed by atoms with Gasteiger partial charge in [-0.1, -0.05) is 0 Å². The first-order chi connectivity index (χ1) is 10.6. The number of nitrogens with one attached hydrogen (secondary N) is 1. The van der Waals surface area contributed by atoms with Crippen LogP contribution in [0.3, 0.4) is 0 Å². The number of piperazine rings is 1. The zero-order chi connectivity index (χ0) is 15.9. The quantitative estimate of drug-likeness (QED) is 0.698. The molecule has 1 fully saturated rings. The largest absolute Gasteiger partial charge is 0.491 e. The monoisotopic (exact) mass is 308 g/mol. The lowest BCUT2D eigenvalue weighted by atomic mass is 10.2. The number of nitrogens with zero attached hydrogens (tertiary/aromatic N) is 1. The van der Waals surface area contributed by atoms with Crippen molar-refractivity contribution < 1.29 is 24.2 Å². The molecule has 1 amide bonds. The van der Waals surface area contributed by atoms with Crippen molar-refractivity contribution in [1.29, 1.82) is 0 Å². The molecule has 22 heavy (non-hydrogen) atoms. The molecule has 1 atom stereocenters. The number of benzene rings is 1. The highest BCUT2D eigenvalue weighted by Gasteiger charge is 2.19. The fourth-order valence-corrected chi connectivity index (χ4v) is 2.20. The molecular formula is C15H20N2O5. The van der Waals surface area contributed by atoms with E-state index in [-0.39, 0.29) is 12.5 Å². The normalized spacial score (nSPS) is 16.7. The van der Waals surface area contributed by atoms with E-state index in [4.69, 9.17) is 4.74 Å². The van der Waals surface area contributed by atoms with Gasteiger partial charge < -0.3 is 19.9 Å². The van der Waals surface area contributed by atoms with E-state index in [1.54, 1.807) is 24.3 Å². The molecule has 0 spiro atoms. The molecule has 0 unspecified atom stereocenters. The molecule has 120 valence electrons. The predicted molar refractivity (Wildman–Crippen MR) is 78.7 cm³/mol. The molecule has 7 nitrogen and oxygen atoms in total. The molecule has 2 rings (SSSR count). The standard InChI is InChI=1S/C15H20N2O5/c1-21-15(20)11-2-4-13(5-3-11)22-10-12(18)8-17-7-6-16-14(19)9-17/h2-5,12,18H,6-10H2,1H3,(H,16,19)/t12-/m0/s1. The van der Waals surface area contributed by atoms with Crippen LogP contribution in [0.4, 0.5) is 0 Å². The highest BCUT2D eigenvalue weighted by molar-refractivity contribution is 5.89. The number of rotatable bonds is 6. The summed E-state index contributed by atoms with van der Waals surface area (Å²) in [6, 6.07) is 6.49. The number of hydrogen-bond acceptors (Lipinski definition) is 6. The van der Waals surface area contributed by atoms with Gasteiger partial charge in [0, 0.05) is 19.6 Å². The lowest BCUT2D eigenvalue weighted by Crippen LogP contribution is -2.50. The van der Waals surface area contributed by atoms with Crippen LogP contribution in [0.5, 0.6) is 5.75 Å². The van der Waals surface area contributed by atoms with E-state index in [1.165, 1.54) is 7.11 Å². The Balaban J connectivity index is 1.77. The molecule has 1 aromatic carbocycles. The van der Waals surface area contributed by atoms with E-state index in [0.29, 0.717) is 30.9 Å². The van der Waals surface area contributed by atoms with E-state index >= 15 is 0 Å². The Bertz CT molecular complexity index is 517. The van der Waals surface area contributed by atoms with Gasteiger partial charge in [0.1, 0.15) is 18.5 Å². The summed E-state index contributed by atoms with van der Waals surface area (Å²) in [7, 11) is 1.32. The average molecular weight is 308 g/mol. The fraction of sp³-hybridized carbons (Fsp3) is 0.467. The van der Waals surface area contributed by atoms with Crippen LogP contribution >= 0.6 is 0 Å². The number of β-amino-alcohol motifs (C(OH)–C–C–N with tert-alkyl or cyclic N) is 1. The number of ether oxygens (including phenoxy) is 2. The van der Waals surface area contributed by atoms with Crippen molar-refractivity contribution in [2.24, 2.45) is 0 Å². The average Bonchev–Trinajstić information content (AvgIpc) is 2.52. The van der Waals surface area contributed by atoms with Crippen LogP contribution in [0.25, 0.3) is 0 Å². The second kappa shape index (κ2) is 7.77. The molecule has 0 aromatic heterocycles. The molecule has 0 bridgehead atoms. The van der Waals surface area contributed by atoms with Crippen LogP contribution in [-0.2, 0) is 9.53 Å². The zero-order valence-electron chi connectivity index (χ0n) is 12.4. The summed E-state index contributed by atoms with van der Waals surface area (Å²) in [4.78, 5) is 24.4. The highest BCUT2D eigenvalue weighted by atomic mass is 16.5. The molecule has 1 aliphatic heterocycles. The summed E-state index contributed by atoms with van der Waals surface area (Å²) in [6.45, 7) is 2.12. The minimum Gasteiger partial charge on any atom is -0.491 e. The Labute approximate surface area is 128 Å². The Kier molecular flexibility index (Phi) is 5.74. The van der Waals surface area contributed by atoms with E-state index in [1.807, 2.05) is 4.90 Å². The van der Waals surface area contributed by atoms with Crippen LogP contribution in [0.1, 0.15) is 10.4 Å². The van der Waals surface area contributed by atoms with Crippen molar-refractivity contribution >= 4 is 11.9 Å². The summed E-state index contributed by atoms with van der Waals surface area (Å²) in [5.41, 5.74) is 0.440. The van der Waals surface area contributed by atoms with Gasteiger partial charge >= 0.3 is 5.97 Å². The van der Waals surface area contributed by atoms with Gasteiger partial charge in [0.15, 0.2) is 0 Å². The topological polar surface area (TPSA) is 88.1 Å². The van der Waals surface area contributed by atoms with Crippen LogP contribution in [0, 0.1) is 0 Å². The molecule has 1 aromatic rings. The maximum Gasteiger partial charge on any atom is 0.337 e. The predicted octanol–water partition coefficient (Wildman–Crippen LogP) is -0.355. The molecule has 0 aliphatic carbocycles. The van der Waals surface area contributed by atoms with Crippen LogP contribution in [0.2, 0.25) is 0 Å². The van der Waals surface area contributed by atoms with Crippen molar-refractivity contribution in [2.75, 3.05) is 39.9 Å². The summed E-state index contributed by atoms with van der Waals surface area (Å²) in [6.07, 6.45) is -0.689. The van der Waals surface area contributed by atoms with Gasteiger partial charge in [-0.3, -0.25) is 9.69 Å². The summed E-state index contributed by atoms with van der Waals surface area (Å²) >= 11 is 0. The smallest absolute Gasteiger partial charge is 0.337 e. The van der Waals surface area contributed by atoms with Gasteiger partial charge in [-0.15, -0.1) is 0 Å². The summed E-state index contributed by atoms with van der Waals surface area (Å²) < 4.78 is 10.1. The molecule has 0 radical (unpaired) electrons. The van der Waals surface area contributed by atoms with Crippen molar-refractivity contribution in [3.8, 4) is 5.75 Å². The van der Waals surface area contributed by atoms with Crippen LogP contribution in [0.15, 0.2) is 24.3 Å². The SMILES string of the molecule is COC(=O)c1ccc(OC[C@@H](O)CN2CCNC(=O)C2)cc1. The fourth-order valence-electron chi connectivity index (χ4n) is 2.20. The van der Waals surface area contributed by atoms with Crippen LogP contribution in [-0.4, -0.2) is 67.9 Å². The van der Waals surface area contributed by atoms with Gasteiger partial charge in [0.05, 0.1) is 19.2 Å². The lowest BCUT2D eigenvalue weighted by Gasteiger charge is -2.28. The summed E-state index contributed by atoms with van der Waals surface area (Å²) in [5, 5.41) is 12.7. The maximum absolute atomic E-state index is 11.3. The van der Waals surface area contributed by atoms with Crippen molar-refractivity contribution in [3.63, 3.8) is 0 Å². The summed E-state index contributed by atoms with van der Waals surface area (Å²) in [5.74, 6) is 0.121. The molecule has 1 aliphatic rings. The Morgan fingerprint density at radius 1 is 1.41 bits per heavy atom. The minimum absolute atomic E-state index is 0.0298. The molecular weight excluding hydrogens is 288 g/mol.